The number of pyridine rings is 1. The van der Waals surface area contributed by atoms with Crippen molar-refractivity contribution in [1.29, 1.82) is 0 Å². The predicted molar refractivity (Wildman–Crippen MR) is 108 cm³/mol. The Hall–Kier alpha value is -2.31. The SMILES string of the molecule is CC(C)(C)OC(=O)N[C@@H](c1ccc(Cl)nc1)[C@@](C)(C(=O)O)c1ccc(Cl)cc1. The van der Waals surface area contributed by atoms with Crippen LogP contribution in [-0.4, -0.2) is 27.8 Å². The molecule has 1 heterocycles. The van der Waals surface area contributed by atoms with Crippen LogP contribution in [0.1, 0.15) is 44.9 Å². The molecule has 0 saturated carbocycles. The molecule has 1 amide bonds. The molecule has 0 fully saturated rings. The number of hydrogen-bond donors (Lipinski definition) is 2. The smallest absolute Gasteiger partial charge is 0.408 e. The first-order chi connectivity index (χ1) is 12.9. The molecule has 0 aliphatic rings. The van der Waals surface area contributed by atoms with E-state index in [0.29, 0.717) is 16.1 Å². The summed E-state index contributed by atoms with van der Waals surface area (Å²) in [6, 6.07) is 8.60. The van der Waals surface area contributed by atoms with Crippen molar-refractivity contribution in [1.82, 2.24) is 10.3 Å². The van der Waals surface area contributed by atoms with Gasteiger partial charge in [-0.2, -0.15) is 0 Å². The van der Waals surface area contributed by atoms with Crippen LogP contribution in [0.3, 0.4) is 0 Å². The molecule has 2 N–H and O–H groups in total. The summed E-state index contributed by atoms with van der Waals surface area (Å²) in [5.41, 5.74) is -1.35. The molecule has 6 nitrogen and oxygen atoms in total. The maximum Gasteiger partial charge on any atom is 0.408 e. The minimum atomic E-state index is -1.53. The number of benzene rings is 1. The average molecular weight is 425 g/mol. The van der Waals surface area contributed by atoms with E-state index in [1.807, 2.05) is 0 Å². The van der Waals surface area contributed by atoms with E-state index in [1.54, 1.807) is 51.1 Å². The number of carbonyl (C=O) groups excluding carboxylic acids is 1. The highest BCUT2D eigenvalue weighted by Gasteiger charge is 2.45. The maximum absolute atomic E-state index is 12.5. The molecule has 1 aromatic carbocycles. The number of nitrogens with one attached hydrogen (secondary N) is 1. The third kappa shape index (κ3) is 5.14. The van der Waals surface area contributed by atoms with Crippen LogP contribution in [0.15, 0.2) is 42.6 Å². The van der Waals surface area contributed by atoms with Crippen LogP contribution in [0.5, 0.6) is 0 Å². The van der Waals surface area contributed by atoms with E-state index >= 15 is 0 Å². The number of alkyl carbamates (subject to hydrolysis) is 1. The zero-order valence-electron chi connectivity index (χ0n) is 16.0. The van der Waals surface area contributed by atoms with Gasteiger partial charge in [0.05, 0.1) is 6.04 Å². The van der Waals surface area contributed by atoms with Gasteiger partial charge < -0.3 is 15.2 Å². The van der Waals surface area contributed by atoms with Gasteiger partial charge in [-0.15, -0.1) is 0 Å². The Labute approximate surface area is 173 Å². The molecule has 0 aliphatic heterocycles. The van der Waals surface area contributed by atoms with Crippen LogP contribution < -0.4 is 5.32 Å². The Balaban J connectivity index is 2.56. The number of ether oxygens (including phenoxy) is 1. The summed E-state index contributed by atoms with van der Waals surface area (Å²) in [6.45, 7) is 6.69. The zero-order chi connectivity index (χ0) is 21.1. The van der Waals surface area contributed by atoms with Gasteiger partial charge in [-0.1, -0.05) is 41.4 Å². The third-order valence-corrected chi connectivity index (χ3v) is 4.69. The fourth-order valence-electron chi connectivity index (χ4n) is 2.75. The molecule has 8 heteroatoms. The second-order valence-electron chi connectivity index (χ2n) is 7.51. The van der Waals surface area contributed by atoms with Gasteiger partial charge in [0, 0.05) is 11.2 Å². The van der Waals surface area contributed by atoms with Gasteiger partial charge in [-0.25, -0.2) is 9.78 Å². The molecule has 1 aromatic heterocycles. The number of carbonyl (C=O) groups is 2. The van der Waals surface area contributed by atoms with Crippen LogP contribution in [0, 0.1) is 0 Å². The van der Waals surface area contributed by atoms with E-state index < -0.39 is 29.1 Å². The van der Waals surface area contributed by atoms with Gasteiger partial charge in [-0.05, 0) is 57.0 Å². The first-order valence-corrected chi connectivity index (χ1v) is 9.29. The van der Waals surface area contributed by atoms with Crippen LogP contribution >= 0.6 is 23.2 Å². The molecule has 150 valence electrons. The molecule has 28 heavy (non-hydrogen) atoms. The second-order valence-corrected chi connectivity index (χ2v) is 8.33. The first-order valence-electron chi connectivity index (χ1n) is 8.54. The number of amides is 1. The van der Waals surface area contributed by atoms with Crippen molar-refractivity contribution in [2.75, 3.05) is 0 Å². The molecule has 0 spiro atoms. The van der Waals surface area contributed by atoms with E-state index in [0.717, 1.165) is 0 Å². The van der Waals surface area contributed by atoms with E-state index in [9.17, 15) is 14.7 Å². The lowest BCUT2D eigenvalue weighted by molar-refractivity contribution is -0.144. The van der Waals surface area contributed by atoms with Gasteiger partial charge in [0.2, 0.25) is 0 Å². The summed E-state index contributed by atoms with van der Waals surface area (Å²) >= 11 is 11.8. The van der Waals surface area contributed by atoms with Crippen LogP contribution in [-0.2, 0) is 14.9 Å². The Kier molecular flexibility index (Phi) is 6.57. The summed E-state index contributed by atoms with van der Waals surface area (Å²) in [6.07, 6.45) is 0.690. The fraction of sp³-hybridized carbons (Fsp3) is 0.350. The highest BCUT2D eigenvalue weighted by Crippen LogP contribution is 2.38. The Morgan fingerprint density at radius 1 is 1.07 bits per heavy atom. The van der Waals surface area contributed by atoms with Gasteiger partial charge in [0.1, 0.15) is 16.2 Å². The summed E-state index contributed by atoms with van der Waals surface area (Å²) in [4.78, 5) is 28.9. The predicted octanol–water partition coefficient (Wildman–Crippen LogP) is 5.00. The molecule has 2 atom stereocenters. The number of halogens is 2. The van der Waals surface area contributed by atoms with Crippen molar-refractivity contribution in [3.8, 4) is 0 Å². The number of aliphatic carboxylic acids is 1. The molecule has 0 radical (unpaired) electrons. The number of hydrogen-bond acceptors (Lipinski definition) is 4. The van der Waals surface area contributed by atoms with Crippen molar-refractivity contribution in [2.24, 2.45) is 0 Å². The quantitative estimate of drug-likeness (QED) is 0.659. The van der Waals surface area contributed by atoms with Crippen LogP contribution in [0.25, 0.3) is 0 Å². The summed E-state index contributed by atoms with van der Waals surface area (Å²) in [7, 11) is 0. The zero-order valence-corrected chi connectivity index (χ0v) is 17.5. The Bertz CT molecular complexity index is 848. The number of rotatable bonds is 5. The van der Waals surface area contributed by atoms with Gasteiger partial charge >= 0.3 is 12.1 Å². The van der Waals surface area contributed by atoms with Crippen LogP contribution in [0.4, 0.5) is 4.79 Å². The van der Waals surface area contributed by atoms with E-state index in [1.165, 1.54) is 19.2 Å². The lowest BCUT2D eigenvalue weighted by Gasteiger charge is -2.35. The first kappa shape index (κ1) is 22.0. The molecule has 2 rings (SSSR count). The normalized spacial score (nSPS) is 14.6. The van der Waals surface area contributed by atoms with Gasteiger partial charge in [0.25, 0.3) is 0 Å². The van der Waals surface area contributed by atoms with Crippen LogP contribution in [0.2, 0.25) is 10.2 Å². The highest BCUT2D eigenvalue weighted by atomic mass is 35.5. The summed E-state index contributed by atoms with van der Waals surface area (Å²) in [5, 5.41) is 13.5. The average Bonchev–Trinajstić information content (AvgIpc) is 2.59. The molecular weight excluding hydrogens is 403 g/mol. The summed E-state index contributed by atoms with van der Waals surface area (Å²) in [5.74, 6) is -1.13. The topological polar surface area (TPSA) is 88.5 Å². The largest absolute Gasteiger partial charge is 0.481 e. The van der Waals surface area contributed by atoms with Crippen molar-refractivity contribution < 1.29 is 19.4 Å². The Morgan fingerprint density at radius 2 is 1.68 bits per heavy atom. The number of nitrogens with zero attached hydrogens (tertiary/aromatic N) is 1. The molecule has 2 aromatic rings. The fourth-order valence-corrected chi connectivity index (χ4v) is 2.99. The molecular formula is C20H22Cl2N2O4. The van der Waals surface area contributed by atoms with Crippen molar-refractivity contribution in [2.45, 2.75) is 44.8 Å². The van der Waals surface area contributed by atoms with Crippen molar-refractivity contribution in [3.63, 3.8) is 0 Å². The lowest BCUT2D eigenvalue weighted by Crippen LogP contribution is -2.48. The standard InChI is InChI=1S/C20H22Cl2N2O4/c1-19(2,3)28-18(27)24-16(12-5-10-15(22)23-11-12)20(4,17(25)26)13-6-8-14(21)9-7-13/h5-11,16H,1-4H3,(H,24,27)(H,25,26)/t16-,20-/m0/s1. The highest BCUT2D eigenvalue weighted by molar-refractivity contribution is 6.30. The number of carboxylic acids is 1. The minimum absolute atomic E-state index is 0.253. The second kappa shape index (κ2) is 8.37. The number of aromatic nitrogens is 1. The molecule has 0 saturated heterocycles. The van der Waals surface area contributed by atoms with E-state index in [-0.39, 0.29) is 5.15 Å². The van der Waals surface area contributed by atoms with E-state index in [2.05, 4.69) is 10.3 Å². The third-order valence-electron chi connectivity index (χ3n) is 4.21. The summed E-state index contributed by atoms with van der Waals surface area (Å²) < 4.78 is 5.33. The molecule has 0 unspecified atom stereocenters. The molecule has 0 bridgehead atoms. The van der Waals surface area contributed by atoms with E-state index in [4.69, 9.17) is 27.9 Å². The van der Waals surface area contributed by atoms with Gasteiger partial charge in [-0.3, -0.25) is 4.79 Å². The maximum atomic E-state index is 12.5. The number of carboxylic acid groups (broad SMARTS) is 1. The lowest BCUT2D eigenvalue weighted by atomic mass is 9.73. The minimum Gasteiger partial charge on any atom is -0.481 e. The van der Waals surface area contributed by atoms with Crippen molar-refractivity contribution in [3.05, 3.63) is 63.9 Å². The Morgan fingerprint density at radius 3 is 2.14 bits per heavy atom. The molecule has 0 aliphatic carbocycles. The monoisotopic (exact) mass is 424 g/mol. The van der Waals surface area contributed by atoms with Crippen molar-refractivity contribution >= 4 is 35.3 Å². The van der Waals surface area contributed by atoms with Gasteiger partial charge in [0.15, 0.2) is 0 Å².